The fourth-order valence-corrected chi connectivity index (χ4v) is 19.1. The molecule has 2 aliphatic rings. The summed E-state index contributed by atoms with van der Waals surface area (Å²) in [6, 6.07) is 63.3. The molecule has 33 heteroatoms. The van der Waals surface area contributed by atoms with Crippen molar-refractivity contribution in [3.05, 3.63) is 261 Å². The highest BCUT2D eigenvalue weighted by molar-refractivity contribution is 7.44. The van der Waals surface area contributed by atoms with Crippen molar-refractivity contribution in [3.8, 4) is 29.4 Å². The van der Waals surface area contributed by atoms with Crippen molar-refractivity contribution in [2.24, 2.45) is 0 Å². The van der Waals surface area contributed by atoms with Gasteiger partial charge in [-0.2, -0.15) is 15.5 Å². The molecule has 4 heterocycles. The van der Waals surface area contributed by atoms with Crippen LogP contribution in [0.1, 0.15) is 164 Å². The lowest BCUT2D eigenvalue weighted by molar-refractivity contribution is -0.171. The summed E-state index contributed by atoms with van der Waals surface area (Å²) in [5.41, 5.74) is 3.69. The number of aromatic amines is 1. The van der Waals surface area contributed by atoms with Crippen molar-refractivity contribution in [3.63, 3.8) is 0 Å². The molecule has 31 nitrogen and oxygen atoms in total. The molecular formula is C97H122N12O19P2. The van der Waals surface area contributed by atoms with Gasteiger partial charge in [0.25, 0.3) is 28.5 Å². The minimum atomic E-state index is -1.97. The Morgan fingerprint density at radius 3 is 1.72 bits per heavy atom. The number of carbonyl (C=O) groups excluding carboxylic acids is 3. The van der Waals surface area contributed by atoms with Gasteiger partial charge in [-0.1, -0.05) is 158 Å². The molecule has 0 spiro atoms. The van der Waals surface area contributed by atoms with Crippen LogP contribution in [0.2, 0.25) is 0 Å². The Labute approximate surface area is 764 Å². The molecule has 0 aliphatic carbocycles. The number of anilines is 1. The van der Waals surface area contributed by atoms with E-state index in [1.54, 1.807) is 43.4 Å². The molecule has 7 aromatic carbocycles. The van der Waals surface area contributed by atoms with Crippen LogP contribution < -0.4 is 30.4 Å². The Morgan fingerprint density at radius 1 is 0.631 bits per heavy atom. The van der Waals surface area contributed by atoms with Crippen molar-refractivity contribution >= 4 is 51.9 Å². The number of aliphatic hydroxyl groups is 2. The number of methoxy groups -OCH3 is 2. The number of hydrogen-bond acceptors (Lipinski definition) is 25. The van der Waals surface area contributed by atoms with Crippen molar-refractivity contribution < 1.29 is 85.3 Å². The highest BCUT2D eigenvalue weighted by Crippen LogP contribution is 2.53. The summed E-state index contributed by atoms with van der Waals surface area (Å²) in [6.07, 6.45) is 2.80. The molecule has 9 atom stereocenters. The zero-order chi connectivity index (χ0) is 92.8. The van der Waals surface area contributed by atoms with Crippen LogP contribution in [0, 0.1) is 29.2 Å². The lowest BCUT2D eigenvalue weighted by Gasteiger charge is -2.39. The summed E-state index contributed by atoms with van der Waals surface area (Å²) >= 11 is 0. The third-order valence-corrected chi connectivity index (χ3v) is 26.0. The molecule has 0 saturated carbocycles. The maximum Gasteiger partial charge on any atom is 0.280 e. The summed E-state index contributed by atoms with van der Waals surface area (Å²) in [5.74, 6) is 1.02. The first-order valence-electron chi connectivity index (χ1n) is 44.0. The largest absolute Gasteiger partial charge is 0.497 e. The van der Waals surface area contributed by atoms with Crippen LogP contribution in [-0.2, 0) is 85.3 Å². The number of imidazole rings is 1. The zero-order valence-electron chi connectivity index (χ0n) is 75.7. The number of nitrogens with one attached hydrogen (secondary N) is 3. The van der Waals surface area contributed by atoms with Crippen LogP contribution in [0.5, 0.6) is 17.2 Å². The van der Waals surface area contributed by atoms with Gasteiger partial charge >= 0.3 is 0 Å². The average molecular weight is 1820 g/mol. The quantitative estimate of drug-likeness (QED) is 0.00777. The van der Waals surface area contributed by atoms with Gasteiger partial charge in [0.05, 0.1) is 72.1 Å². The van der Waals surface area contributed by atoms with Gasteiger partial charge in [-0.3, -0.25) is 34.0 Å². The van der Waals surface area contributed by atoms with Crippen molar-refractivity contribution in [1.29, 1.82) is 10.5 Å². The van der Waals surface area contributed by atoms with Crippen LogP contribution in [-0.4, -0.2) is 204 Å². The first kappa shape index (κ1) is 102. The number of unbranched alkanes of at least 4 members (excludes halogenated alkanes) is 3. The molecule has 2 fully saturated rings. The number of aliphatic hydroxyl groups excluding tert-OH is 2. The summed E-state index contributed by atoms with van der Waals surface area (Å²) in [7, 11) is 0.00745. The molecule has 2 aliphatic heterocycles. The van der Waals surface area contributed by atoms with E-state index in [1.807, 2.05) is 185 Å². The zero-order valence-corrected chi connectivity index (χ0v) is 77.5. The van der Waals surface area contributed by atoms with Gasteiger partial charge < -0.3 is 86.0 Å². The number of H-pyrrole nitrogens is 1. The Bertz CT molecular complexity index is 4990. The number of likely N-dealkylation sites (tertiary alicyclic amines) is 1. The maximum atomic E-state index is 13.7. The van der Waals surface area contributed by atoms with Crippen molar-refractivity contribution in [2.75, 3.05) is 99.0 Å². The van der Waals surface area contributed by atoms with Crippen LogP contribution in [0.15, 0.2) is 199 Å². The lowest BCUT2D eigenvalue weighted by atomic mass is 9.79. The number of benzene rings is 7. The molecule has 2 aromatic heterocycles. The van der Waals surface area contributed by atoms with E-state index in [9.17, 15) is 34.7 Å². The van der Waals surface area contributed by atoms with E-state index in [4.69, 9.17) is 72.6 Å². The van der Waals surface area contributed by atoms with Crippen molar-refractivity contribution in [1.82, 2.24) is 39.1 Å². The van der Waals surface area contributed by atoms with Gasteiger partial charge in [-0.25, -0.2) is 20.9 Å². The normalized spacial score (nSPS) is 16.9. The van der Waals surface area contributed by atoms with E-state index in [0.29, 0.717) is 82.2 Å². The highest BCUT2D eigenvalue weighted by Gasteiger charge is 2.52. The van der Waals surface area contributed by atoms with E-state index < -0.39 is 70.3 Å². The molecule has 130 heavy (non-hydrogen) atoms. The smallest absolute Gasteiger partial charge is 0.280 e. The number of rotatable bonds is 52. The molecule has 0 radical (unpaired) electrons. The summed E-state index contributed by atoms with van der Waals surface area (Å²) in [6.45, 7) is 24.7. The molecular weight excluding hydrogens is 1700 g/mol. The number of aromatic nitrogens is 4. The molecule has 0 bridgehead atoms. The van der Waals surface area contributed by atoms with Crippen LogP contribution in [0.25, 0.3) is 16.0 Å². The molecule has 3 amide bonds. The monoisotopic (exact) mass is 1820 g/mol. The topological polar surface area (TPSA) is 361 Å². The fourth-order valence-electron chi connectivity index (χ4n) is 15.7. The van der Waals surface area contributed by atoms with E-state index in [2.05, 4.69) is 85.7 Å². The first-order valence-corrected chi connectivity index (χ1v) is 46.2. The number of amides is 3. The van der Waals surface area contributed by atoms with Crippen LogP contribution in [0.4, 0.5) is 5.95 Å². The molecule has 5 N–H and O–H groups in total. The highest BCUT2D eigenvalue weighted by atomic mass is 31.2. The number of fused-ring (bicyclic) bond motifs is 1. The summed E-state index contributed by atoms with van der Waals surface area (Å²) in [4.78, 5) is 70.2. The first-order chi connectivity index (χ1) is 63.2. The van der Waals surface area contributed by atoms with Gasteiger partial charge in [0.1, 0.15) is 72.8 Å². The third kappa shape index (κ3) is 27.6. The van der Waals surface area contributed by atoms with Gasteiger partial charge in [-0.15, -0.1) is 0 Å². The number of nitriles is 2. The van der Waals surface area contributed by atoms with E-state index in [0.717, 1.165) is 70.4 Å². The SMILES string of the molecule is COc1ccc(C(OC[C@H]2O[C@@H](n3cnc4c(=O)[nH]c(NC(=O)COc5ccccc5)nc43)[C@@H](OCOCOCC#N)C2OP(OCCC#N)N(C(C)C)C(C)C)(c2ccccc2)c2ccc(CO)cc2)cc1.[C-]#[N+]CCOP(OCCCCCC(=O)N1CCC[C@H]1C(=O)NCCCCOC(c1ccccc1)(c1ccc(CO)cc1)c1ccc(OC)cc1)N(C(C)C)C(C)C. The fraction of sp³-hybridized carbons (Fsp3) is 0.454. The number of carbonyl (C=O) groups is 3. The number of nitrogens with zero attached hydrogens (tertiary/aromatic N) is 9. The predicted molar refractivity (Wildman–Crippen MR) is 493 cm³/mol. The summed E-state index contributed by atoms with van der Waals surface area (Å²) < 4.78 is 87.2. The van der Waals surface area contributed by atoms with Crippen LogP contribution >= 0.6 is 17.1 Å². The van der Waals surface area contributed by atoms with E-state index in [-0.39, 0.29) is 113 Å². The van der Waals surface area contributed by atoms with Gasteiger partial charge in [0.2, 0.25) is 24.3 Å². The Morgan fingerprint density at radius 2 is 1.17 bits per heavy atom. The van der Waals surface area contributed by atoms with E-state index in [1.165, 1.54) is 10.9 Å². The minimum absolute atomic E-state index is 0.0274. The second kappa shape index (κ2) is 52.5. The molecule has 11 rings (SSSR count). The Hall–Kier alpha value is -10.5. The summed E-state index contributed by atoms with van der Waals surface area (Å²) in [5, 5.41) is 44.2. The third-order valence-electron chi connectivity index (χ3n) is 21.8. The van der Waals surface area contributed by atoms with Crippen molar-refractivity contribution in [2.45, 2.75) is 192 Å². The molecule has 694 valence electrons. The second-order valence-electron chi connectivity index (χ2n) is 32.0. The van der Waals surface area contributed by atoms with Gasteiger partial charge in [0.15, 0.2) is 30.8 Å². The Kier molecular flexibility index (Phi) is 41.0. The number of para-hydroxylation sites is 1. The van der Waals surface area contributed by atoms with Gasteiger partial charge in [0, 0.05) is 50.3 Å². The number of ether oxygens (including phenoxy) is 9. The van der Waals surface area contributed by atoms with E-state index >= 15 is 0 Å². The second-order valence-corrected chi connectivity index (χ2v) is 34.8. The van der Waals surface area contributed by atoms with Gasteiger partial charge in [-0.05, 0) is 175 Å². The lowest BCUT2D eigenvalue weighted by Crippen LogP contribution is -2.46. The van der Waals surface area contributed by atoms with Crippen LogP contribution in [0.3, 0.4) is 0 Å². The molecule has 9 aromatic rings. The average Bonchev–Trinajstić information content (AvgIpc) is 1.08. The molecule has 5 unspecified atom stereocenters. The molecule has 2 saturated heterocycles. The maximum absolute atomic E-state index is 13.7. The number of hydrogen-bond donors (Lipinski definition) is 5. The standard InChI is InChI=1S/C52H59N8O12P.C45H63N4O7P/c1-35(2)60(36(3)4)73(70-27-12-25-53)72-46-43(30-69-52(38-13-8-6-9-14-38,39-19-17-37(29-61)18-20-39)40-21-23-41(64-5)24-22-40)71-50(47(46)68-34-66-33-65-28-26-54)59-32-55-45-48(59)57-51(58-49(45)63)56-44(62)31-67-42-15-10-7-11-16-42;1-35(2)49(36(3)4)57(56-33-29-46-5)55-32-13-8-11-19-43(51)48-30-15-18-42(48)44(52)47-28-12-14-31-54-45(38-16-9-7-10-17-38,39-22-20-37(34-50)21-23-39)40-24-26-41(53-6)27-25-40/h6-11,13-24,32,35-36,43,46-47,50,61H,12,27-31,33-34H2,1-5H3,(H2,56,57,58,62,63);7,9-10,16-17,20-27,35-36,42,50H,8,11-15,18-19,28-34H2,1-4,6H3,(H,47,52)/t43-,46?,47+,50-,52?,73?;42-,45?,57?/m10/s1. The minimum Gasteiger partial charge on any atom is -0.497 e. The predicted octanol–water partition coefficient (Wildman–Crippen LogP) is 15.3. The Balaban J connectivity index is 0.000000279.